The number of hydrogen-bond donors (Lipinski definition) is 3. The van der Waals surface area contributed by atoms with Gasteiger partial charge in [-0.25, -0.2) is 9.97 Å². The lowest BCUT2D eigenvalue weighted by Crippen LogP contribution is -2.11. The minimum Gasteiger partial charge on any atom is -0.508 e. The van der Waals surface area contributed by atoms with Crippen LogP contribution >= 0.6 is 82.1 Å². The number of Topliss-reactive ketones (excluding diaryl/α,β-unsaturated/α-hetero) is 2. The first-order valence-electron chi connectivity index (χ1n) is 44.6. The van der Waals surface area contributed by atoms with Crippen molar-refractivity contribution in [2.24, 2.45) is 0 Å². The van der Waals surface area contributed by atoms with Crippen LogP contribution in [0.1, 0.15) is 201 Å². The van der Waals surface area contributed by atoms with Gasteiger partial charge in [0.2, 0.25) is 0 Å². The normalized spacial score (nSPS) is 10.4. The Bertz CT molecular complexity index is 5500. The molecular weight excluding hydrogens is 1910 g/mol. The fraction of sp³-hybridized carbons (Fsp3) is 0.315. The Morgan fingerprint density at radius 2 is 0.674 bits per heavy atom. The summed E-state index contributed by atoms with van der Waals surface area (Å²) < 4.78 is 54.1. The van der Waals surface area contributed by atoms with E-state index < -0.39 is 0 Å². The number of pyridine rings is 1. The van der Waals surface area contributed by atoms with Crippen molar-refractivity contribution in [1.29, 1.82) is 0 Å². The zero-order chi connectivity index (χ0) is 95.7. The Hall–Kier alpha value is -11.1. The molecule has 0 fully saturated rings. The van der Waals surface area contributed by atoms with E-state index >= 15 is 0 Å². The smallest absolute Gasteiger partial charge is 0.257 e. The molecule has 13 aromatic rings. The summed E-state index contributed by atoms with van der Waals surface area (Å²) in [6, 6.07) is 64.4. The van der Waals surface area contributed by atoms with Crippen molar-refractivity contribution in [2.75, 3.05) is 55.3 Å². The summed E-state index contributed by atoms with van der Waals surface area (Å²) in [4.78, 5) is 49.0. The molecule has 0 aliphatic heterocycles. The molecule has 700 valence electrons. The molecule has 0 atom stereocenters. The van der Waals surface area contributed by atoms with Crippen molar-refractivity contribution < 1.29 is 62.1 Å². The van der Waals surface area contributed by atoms with E-state index in [0.717, 1.165) is 265 Å². The molecule has 0 aliphatic rings. The number of phenolic OH excluding ortho intramolecular Hbond substituents is 1. The van der Waals surface area contributed by atoms with E-state index in [9.17, 15) is 14.4 Å². The first-order valence-corrected chi connectivity index (χ1v) is 49.6. The van der Waals surface area contributed by atoms with Crippen molar-refractivity contribution in [3.05, 3.63) is 300 Å². The number of thiazole rings is 2. The summed E-state index contributed by atoms with van der Waals surface area (Å²) in [7, 11) is 0. The van der Waals surface area contributed by atoms with E-state index in [2.05, 4.69) is 123 Å². The number of aromatic hydroxyl groups is 1. The molecule has 4 N–H and O–H groups in total. The Balaban J connectivity index is 0.000000222. The number of carbonyl (C=O) groups is 3. The van der Waals surface area contributed by atoms with Gasteiger partial charge in [-0.05, 0) is 352 Å². The molecule has 0 saturated heterocycles. The summed E-state index contributed by atoms with van der Waals surface area (Å²) in [5.74, 6) is 11.5. The van der Waals surface area contributed by atoms with Crippen LogP contribution in [0.2, 0.25) is 0 Å². The second kappa shape index (κ2) is 59.5. The largest absolute Gasteiger partial charge is 0.508 e. The van der Waals surface area contributed by atoms with Crippen molar-refractivity contribution in [2.45, 2.75) is 181 Å². The maximum atomic E-state index is 12.4. The molecule has 0 radical (unpaired) electrons. The fourth-order valence-electron chi connectivity index (χ4n) is 13.1. The van der Waals surface area contributed by atoms with Gasteiger partial charge >= 0.3 is 0 Å². The molecular formula is C108H125Br3ClN5O13S2. The number of unbranched alkanes of at least 4 members (excludes halogenated alkanes) is 6. The van der Waals surface area contributed by atoms with Crippen molar-refractivity contribution in [3.8, 4) is 103 Å². The number of aromatic nitrogens is 3. The quantitative estimate of drug-likeness (QED) is 0.0187. The van der Waals surface area contributed by atoms with Crippen LogP contribution in [-0.4, -0.2) is 81.8 Å². The number of nitrogens with one attached hydrogen (secondary N) is 1. The minimum atomic E-state index is -0.206. The van der Waals surface area contributed by atoms with Gasteiger partial charge in [-0.3, -0.25) is 24.7 Å². The number of ether oxygens (including phenoxy) is 9. The highest BCUT2D eigenvalue weighted by atomic mass is 79.9. The van der Waals surface area contributed by atoms with Gasteiger partial charge in [0.15, 0.2) is 21.8 Å². The molecule has 0 saturated carbocycles. The van der Waals surface area contributed by atoms with Gasteiger partial charge < -0.3 is 53.5 Å². The van der Waals surface area contributed by atoms with Gasteiger partial charge in [0.1, 0.15) is 80.5 Å². The lowest BCUT2D eigenvalue weighted by atomic mass is 9.99. The Morgan fingerprint density at radius 3 is 0.955 bits per heavy atom. The van der Waals surface area contributed by atoms with Crippen molar-refractivity contribution in [1.82, 2.24) is 15.0 Å². The maximum absolute atomic E-state index is 12.4. The lowest BCUT2D eigenvalue weighted by Gasteiger charge is -2.13. The molecule has 1 amide bonds. The monoisotopic (exact) mass is 2040 g/mol. The summed E-state index contributed by atoms with van der Waals surface area (Å²) >= 11 is 18.0. The second-order valence-corrected chi connectivity index (χ2v) is 35.4. The average Bonchev–Trinajstić information content (AvgIpc) is 1.47. The molecule has 3 aromatic heterocycles. The molecule has 24 heteroatoms. The average molecular weight is 2040 g/mol. The number of nitrogens with zero attached hydrogens (tertiary/aromatic N) is 3. The maximum Gasteiger partial charge on any atom is 0.257 e. The molecule has 132 heavy (non-hydrogen) atoms. The van der Waals surface area contributed by atoms with Gasteiger partial charge in [-0.2, -0.15) is 0 Å². The number of nitrogens with two attached hydrogens (primary N) is 1. The van der Waals surface area contributed by atoms with Crippen LogP contribution in [0.4, 0.5) is 10.3 Å². The summed E-state index contributed by atoms with van der Waals surface area (Å²) in [6.45, 7) is 34.1. The molecule has 0 bridgehead atoms. The summed E-state index contributed by atoms with van der Waals surface area (Å²) in [5, 5.41) is 17.0. The molecule has 18 nitrogen and oxygen atoms in total. The van der Waals surface area contributed by atoms with E-state index in [1.807, 2.05) is 222 Å². The Morgan fingerprint density at radius 1 is 0.386 bits per heavy atom. The number of carbonyl (C=O) groups excluding carboxylic acids is 3. The number of alkyl halides is 2. The molecule has 0 spiro atoms. The fourth-order valence-corrected chi connectivity index (χ4v) is 15.4. The highest BCUT2D eigenvalue weighted by Gasteiger charge is 2.19. The first-order chi connectivity index (χ1) is 63.7. The molecule has 10 aromatic carbocycles. The molecule has 13 rings (SSSR count). The SMILES string of the molecule is CCCCCl.CCCCOc1ccc(Br)cc1.CCCCOc1ccc(Oc2cc(C)c(-c3csc(N)n3)c(C)c2)cc1.CCCCOc1ccc(Oc2cc(C)c(-c3csc(NC(=O)c4ccncc4)n3)c(C)c2)cc1.CCCCOc1ccc(Oc2cc(C)c(C(=O)CBr)c(C)c2)cc1.CCCCOc1ccc(Oc2cc(C)c(C(C)=O)c(C)c2)cc1.Oc1ccc(Br)cc1. The topological polar surface area (TPSA) is 231 Å². The molecule has 3 heterocycles. The number of aryl methyl sites for hydroxylation is 8. The number of amides is 1. The number of nitrogen functional groups attached to an aromatic ring is 1. The van der Waals surface area contributed by atoms with Crippen LogP contribution < -0.4 is 53.7 Å². The number of ketones is 2. The van der Waals surface area contributed by atoms with Gasteiger partial charge in [0.05, 0.1) is 49.8 Å². The van der Waals surface area contributed by atoms with Gasteiger partial charge in [-0.15, -0.1) is 34.3 Å². The van der Waals surface area contributed by atoms with Gasteiger partial charge in [-0.1, -0.05) is 128 Å². The zero-order valence-corrected chi connectivity index (χ0v) is 85.6. The Kier molecular flexibility index (Phi) is 48.6. The van der Waals surface area contributed by atoms with E-state index in [0.29, 0.717) is 26.9 Å². The highest BCUT2D eigenvalue weighted by Crippen LogP contribution is 2.39. The summed E-state index contributed by atoms with van der Waals surface area (Å²) in [5.41, 5.74) is 19.8. The van der Waals surface area contributed by atoms with E-state index in [-0.39, 0.29) is 17.5 Å². The first kappa shape index (κ1) is 108. The number of benzene rings is 10. The van der Waals surface area contributed by atoms with Crippen LogP contribution in [0, 0.1) is 55.4 Å². The number of rotatable bonds is 37. The highest BCUT2D eigenvalue weighted by molar-refractivity contribution is 9.10. The number of hydrogen-bond acceptors (Lipinski definition) is 19. The van der Waals surface area contributed by atoms with Crippen molar-refractivity contribution >= 4 is 110 Å². The van der Waals surface area contributed by atoms with Crippen LogP contribution in [0.5, 0.6) is 80.5 Å². The third kappa shape index (κ3) is 38.3. The number of anilines is 2. The predicted octanol–water partition coefficient (Wildman–Crippen LogP) is 32.2. The van der Waals surface area contributed by atoms with Crippen LogP contribution in [0.15, 0.2) is 238 Å². The summed E-state index contributed by atoms with van der Waals surface area (Å²) in [6.07, 6.45) is 16.5. The van der Waals surface area contributed by atoms with Crippen LogP contribution in [0.3, 0.4) is 0 Å². The Labute approximate surface area is 819 Å². The standard InChI is InChI=1S/C27H27N3O3S.C21H24N2O2S.C20H23BrO3.C20H24O3.C10H13BrO.C6H5BrO.C4H9Cl/c1-4-5-14-32-21-6-8-22(9-7-21)33-23-15-18(2)25(19(3)16-23)24-17-34-27(29-24)30-26(31)20-10-12-28-13-11-20;1-4-5-10-24-16-6-8-17(9-7-16)25-18-11-14(2)20(15(3)12-18)19-13-26-21(22)23-19;1-4-5-10-23-16-6-8-17(9-7-16)24-18-11-14(2)20(15(3)12-18)19(22)13-21;1-5-6-11-22-17-7-9-18(10-8-17)23-19-12-14(2)20(16(4)21)15(3)13-19;1-2-3-8-12-10-6-4-9(11)5-7-10;7-5-1-3-6(8)4-2-5;1-2-3-4-5/h6-13,15-17H,4-5,14H2,1-3H3,(H,29,30,31);6-9,11-13H,4-5,10H2,1-3H3,(H2,22,23);6-9,11-12H,4-5,10,13H2,1-3H3;7-10,12-13H,5-6,11H2,1-4H3;4-7H,2-3,8H2,1H3;1-4,8H;2-4H2,1H3. The van der Waals surface area contributed by atoms with E-state index in [1.165, 1.54) is 35.5 Å². The zero-order valence-electron chi connectivity index (χ0n) is 78.5. The minimum absolute atomic E-state index is 0.0835. The molecule has 0 aliphatic carbocycles. The van der Waals surface area contributed by atoms with E-state index in [1.54, 1.807) is 55.7 Å². The van der Waals surface area contributed by atoms with Gasteiger partial charge in [0.25, 0.3) is 5.91 Å². The third-order valence-electron chi connectivity index (χ3n) is 19.7. The predicted molar refractivity (Wildman–Crippen MR) is 554 cm³/mol. The lowest BCUT2D eigenvalue weighted by molar-refractivity contribution is 0.101. The molecule has 0 unspecified atom stereocenters. The number of halogens is 4. The van der Waals surface area contributed by atoms with E-state index in [4.69, 9.17) is 65.1 Å². The second-order valence-electron chi connectivity index (χ2n) is 30.9. The van der Waals surface area contributed by atoms with Crippen molar-refractivity contribution in [3.63, 3.8) is 0 Å². The van der Waals surface area contributed by atoms with Crippen LogP contribution in [0.25, 0.3) is 22.5 Å². The third-order valence-corrected chi connectivity index (χ3v) is 22.9. The van der Waals surface area contributed by atoms with Crippen LogP contribution in [-0.2, 0) is 0 Å². The number of phenols is 1. The van der Waals surface area contributed by atoms with Gasteiger partial charge in [0, 0.05) is 65.8 Å².